The number of nitrogens with one attached hydrogen (secondary N) is 2. The van der Waals surface area contributed by atoms with Gasteiger partial charge in [0.25, 0.3) is 5.91 Å². The first-order chi connectivity index (χ1) is 9.16. The maximum absolute atomic E-state index is 12.0. The van der Waals surface area contributed by atoms with E-state index in [1.54, 1.807) is 0 Å². The highest BCUT2D eigenvalue weighted by atomic mass is 16.1. The van der Waals surface area contributed by atoms with E-state index in [1.165, 1.54) is 11.1 Å². The van der Waals surface area contributed by atoms with E-state index in [1.807, 2.05) is 24.3 Å². The van der Waals surface area contributed by atoms with E-state index in [0.29, 0.717) is 12.5 Å². The van der Waals surface area contributed by atoms with Gasteiger partial charge < -0.3 is 10.6 Å². The zero-order chi connectivity index (χ0) is 13.7. The molecule has 0 atom stereocenters. The summed E-state index contributed by atoms with van der Waals surface area (Å²) in [5.41, 5.74) is 3.31. The molecule has 0 bridgehead atoms. The van der Waals surface area contributed by atoms with Crippen molar-refractivity contribution in [2.24, 2.45) is 0 Å². The fraction of sp³-hybridized carbons (Fsp3) is 0.438. The van der Waals surface area contributed by atoms with Crippen molar-refractivity contribution in [3.8, 4) is 0 Å². The predicted octanol–water partition coefficient (Wildman–Crippen LogP) is 2.46. The van der Waals surface area contributed by atoms with Gasteiger partial charge in [-0.05, 0) is 36.6 Å². The summed E-state index contributed by atoms with van der Waals surface area (Å²) in [6.07, 6.45) is 3.18. The maximum Gasteiger partial charge on any atom is 0.251 e. The van der Waals surface area contributed by atoms with E-state index in [-0.39, 0.29) is 5.91 Å². The van der Waals surface area contributed by atoms with Crippen LogP contribution in [0.5, 0.6) is 0 Å². The zero-order valence-corrected chi connectivity index (χ0v) is 11.7. The Morgan fingerprint density at radius 3 is 2.63 bits per heavy atom. The summed E-state index contributed by atoms with van der Waals surface area (Å²) < 4.78 is 0. The highest BCUT2D eigenvalue weighted by Crippen LogP contribution is 2.14. The molecule has 1 heterocycles. The van der Waals surface area contributed by atoms with Crippen LogP contribution in [-0.2, 0) is 0 Å². The fourth-order valence-electron chi connectivity index (χ4n) is 2.15. The lowest BCUT2D eigenvalue weighted by molar-refractivity contribution is 0.0956. The van der Waals surface area contributed by atoms with E-state index in [4.69, 9.17) is 0 Å². The number of carbonyl (C=O) groups is 1. The molecule has 0 aliphatic carbocycles. The average molecular weight is 258 g/mol. The molecule has 0 saturated carbocycles. The minimum atomic E-state index is 0.00902. The maximum atomic E-state index is 12.0. The second-order valence-corrected chi connectivity index (χ2v) is 5.28. The van der Waals surface area contributed by atoms with Crippen molar-refractivity contribution < 1.29 is 4.79 Å². The summed E-state index contributed by atoms with van der Waals surface area (Å²) >= 11 is 0. The summed E-state index contributed by atoms with van der Waals surface area (Å²) in [5.74, 6) is 0.506. The SMILES string of the molecule is CC(C)c1ccc(C(=O)NCC2=CCNCC2)cc1. The highest BCUT2D eigenvalue weighted by molar-refractivity contribution is 5.94. The second kappa shape index (κ2) is 6.53. The molecule has 0 radical (unpaired) electrons. The third-order valence-corrected chi connectivity index (χ3v) is 3.47. The van der Waals surface area contributed by atoms with Gasteiger partial charge >= 0.3 is 0 Å². The molecule has 1 aromatic rings. The van der Waals surface area contributed by atoms with Crippen LogP contribution in [0.3, 0.4) is 0 Å². The molecule has 102 valence electrons. The number of amides is 1. The van der Waals surface area contributed by atoms with Gasteiger partial charge in [-0.2, -0.15) is 0 Å². The fourth-order valence-corrected chi connectivity index (χ4v) is 2.15. The van der Waals surface area contributed by atoms with Gasteiger partial charge in [-0.1, -0.05) is 37.6 Å². The first kappa shape index (κ1) is 13.8. The molecular formula is C16H22N2O. The Labute approximate surface area is 115 Å². The Hall–Kier alpha value is -1.61. The smallest absolute Gasteiger partial charge is 0.251 e. The van der Waals surface area contributed by atoms with E-state index in [0.717, 1.165) is 25.1 Å². The van der Waals surface area contributed by atoms with Crippen LogP contribution in [0.15, 0.2) is 35.9 Å². The standard InChI is InChI=1S/C16H22N2O/c1-12(2)14-3-5-15(6-4-14)16(19)18-11-13-7-9-17-10-8-13/h3-7,12,17H,8-11H2,1-2H3,(H,18,19). The Balaban J connectivity index is 1.90. The molecule has 1 aliphatic rings. The Morgan fingerprint density at radius 2 is 2.05 bits per heavy atom. The average Bonchev–Trinajstić information content (AvgIpc) is 2.46. The van der Waals surface area contributed by atoms with Crippen molar-refractivity contribution in [1.29, 1.82) is 0 Å². The van der Waals surface area contributed by atoms with Crippen molar-refractivity contribution in [2.45, 2.75) is 26.2 Å². The first-order valence-electron chi connectivity index (χ1n) is 6.93. The van der Waals surface area contributed by atoms with Gasteiger partial charge in [-0.15, -0.1) is 0 Å². The van der Waals surface area contributed by atoms with Crippen LogP contribution in [0.2, 0.25) is 0 Å². The summed E-state index contributed by atoms with van der Waals surface area (Å²) in [6.45, 7) is 6.88. The molecule has 0 aromatic heterocycles. The van der Waals surface area contributed by atoms with Crippen LogP contribution < -0.4 is 10.6 Å². The quantitative estimate of drug-likeness (QED) is 0.815. The lowest BCUT2D eigenvalue weighted by Crippen LogP contribution is -2.29. The molecule has 3 heteroatoms. The monoisotopic (exact) mass is 258 g/mol. The van der Waals surface area contributed by atoms with Crippen molar-refractivity contribution >= 4 is 5.91 Å². The first-order valence-corrected chi connectivity index (χ1v) is 6.93. The van der Waals surface area contributed by atoms with Crippen molar-refractivity contribution in [2.75, 3.05) is 19.6 Å². The van der Waals surface area contributed by atoms with Gasteiger partial charge in [0.1, 0.15) is 0 Å². The van der Waals surface area contributed by atoms with E-state index in [2.05, 4.69) is 30.6 Å². The molecule has 0 fully saturated rings. The molecule has 0 unspecified atom stereocenters. The van der Waals surface area contributed by atoms with Gasteiger partial charge in [0.2, 0.25) is 0 Å². The molecule has 19 heavy (non-hydrogen) atoms. The van der Waals surface area contributed by atoms with Crippen molar-refractivity contribution in [1.82, 2.24) is 10.6 Å². The molecule has 0 spiro atoms. The molecule has 0 saturated heterocycles. The lowest BCUT2D eigenvalue weighted by Gasteiger charge is -2.14. The number of hydrogen-bond donors (Lipinski definition) is 2. The third-order valence-electron chi connectivity index (χ3n) is 3.47. The molecule has 1 aliphatic heterocycles. The van der Waals surface area contributed by atoms with Crippen LogP contribution in [0.25, 0.3) is 0 Å². The van der Waals surface area contributed by atoms with Gasteiger partial charge in [0.05, 0.1) is 0 Å². The van der Waals surface area contributed by atoms with Crippen LogP contribution in [0.4, 0.5) is 0 Å². The largest absolute Gasteiger partial charge is 0.348 e. The van der Waals surface area contributed by atoms with E-state index >= 15 is 0 Å². The Bertz CT molecular complexity index is 460. The van der Waals surface area contributed by atoms with Gasteiger partial charge in [-0.3, -0.25) is 4.79 Å². The summed E-state index contributed by atoms with van der Waals surface area (Å²) in [7, 11) is 0. The molecule has 2 N–H and O–H groups in total. The second-order valence-electron chi connectivity index (χ2n) is 5.28. The number of carbonyl (C=O) groups excluding carboxylic acids is 1. The number of rotatable bonds is 4. The highest BCUT2D eigenvalue weighted by Gasteiger charge is 2.08. The normalized spacial score (nSPS) is 15.2. The van der Waals surface area contributed by atoms with Gasteiger partial charge in [0.15, 0.2) is 0 Å². The number of benzene rings is 1. The van der Waals surface area contributed by atoms with Crippen molar-refractivity contribution in [3.63, 3.8) is 0 Å². The Kier molecular flexibility index (Phi) is 4.74. The van der Waals surface area contributed by atoms with Crippen molar-refractivity contribution in [3.05, 3.63) is 47.0 Å². The van der Waals surface area contributed by atoms with Crippen LogP contribution in [-0.4, -0.2) is 25.5 Å². The third kappa shape index (κ3) is 3.93. The van der Waals surface area contributed by atoms with E-state index < -0.39 is 0 Å². The van der Waals surface area contributed by atoms with Gasteiger partial charge in [0, 0.05) is 18.7 Å². The molecule has 2 rings (SSSR count). The minimum Gasteiger partial charge on any atom is -0.348 e. The van der Waals surface area contributed by atoms with Gasteiger partial charge in [-0.25, -0.2) is 0 Å². The molecule has 3 nitrogen and oxygen atoms in total. The molecular weight excluding hydrogens is 236 g/mol. The summed E-state index contributed by atoms with van der Waals surface area (Å²) in [5, 5.41) is 6.24. The van der Waals surface area contributed by atoms with Crippen LogP contribution in [0.1, 0.15) is 42.1 Å². The molecule has 1 amide bonds. The van der Waals surface area contributed by atoms with Crippen LogP contribution in [0, 0.1) is 0 Å². The predicted molar refractivity (Wildman–Crippen MR) is 78.4 cm³/mol. The molecule has 1 aromatic carbocycles. The van der Waals surface area contributed by atoms with E-state index in [9.17, 15) is 4.79 Å². The zero-order valence-electron chi connectivity index (χ0n) is 11.7. The lowest BCUT2D eigenvalue weighted by atomic mass is 10.0. The topological polar surface area (TPSA) is 41.1 Å². The minimum absolute atomic E-state index is 0.00902. The summed E-state index contributed by atoms with van der Waals surface area (Å²) in [6, 6.07) is 7.87. The number of hydrogen-bond acceptors (Lipinski definition) is 2. The Morgan fingerprint density at radius 1 is 1.32 bits per heavy atom. The summed E-state index contributed by atoms with van der Waals surface area (Å²) in [4.78, 5) is 12.0. The van der Waals surface area contributed by atoms with Crippen LogP contribution >= 0.6 is 0 Å².